The minimum absolute atomic E-state index is 0.0290. The fourth-order valence-corrected chi connectivity index (χ4v) is 2.94. The largest absolute Gasteiger partial charge is 0.353 e. The summed E-state index contributed by atoms with van der Waals surface area (Å²) < 4.78 is 26.3. The molecule has 0 aliphatic heterocycles. The first-order chi connectivity index (χ1) is 9.47. The zero-order chi connectivity index (χ0) is 14.6. The van der Waals surface area contributed by atoms with Crippen LogP contribution >= 0.6 is 11.6 Å². The van der Waals surface area contributed by atoms with Crippen molar-refractivity contribution in [1.29, 1.82) is 0 Å². The summed E-state index contributed by atoms with van der Waals surface area (Å²) in [5, 5.41) is 2.97. The molecule has 0 atom stereocenters. The molecule has 1 aliphatic rings. The van der Waals surface area contributed by atoms with Crippen molar-refractivity contribution >= 4 is 27.5 Å². The molecular formula is C12H16ClN3O3S. The van der Waals surface area contributed by atoms with Crippen molar-refractivity contribution in [2.75, 3.05) is 6.54 Å². The van der Waals surface area contributed by atoms with Gasteiger partial charge in [-0.05, 0) is 31.4 Å². The number of hydrogen-bond donors (Lipinski definition) is 2. The van der Waals surface area contributed by atoms with Gasteiger partial charge in [0.1, 0.15) is 5.15 Å². The number of hydrogen-bond acceptors (Lipinski definition) is 4. The maximum atomic E-state index is 11.9. The van der Waals surface area contributed by atoms with Crippen LogP contribution in [-0.2, 0) is 14.8 Å². The molecule has 0 saturated heterocycles. The first-order valence-electron chi connectivity index (χ1n) is 6.38. The summed E-state index contributed by atoms with van der Waals surface area (Å²) >= 11 is 5.65. The van der Waals surface area contributed by atoms with Gasteiger partial charge in [0.2, 0.25) is 15.9 Å². The molecule has 1 saturated carbocycles. The maximum Gasteiger partial charge on any atom is 0.240 e. The number of nitrogens with one attached hydrogen (secondary N) is 2. The summed E-state index contributed by atoms with van der Waals surface area (Å²) in [7, 11) is -3.60. The topological polar surface area (TPSA) is 88.2 Å². The predicted molar refractivity (Wildman–Crippen MR) is 74.8 cm³/mol. The number of pyridine rings is 1. The summed E-state index contributed by atoms with van der Waals surface area (Å²) in [6.45, 7) is 0.209. The van der Waals surface area contributed by atoms with E-state index < -0.39 is 10.0 Å². The molecule has 0 bridgehead atoms. The van der Waals surface area contributed by atoms with Gasteiger partial charge in [-0.15, -0.1) is 0 Å². The van der Waals surface area contributed by atoms with Gasteiger partial charge < -0.3 is 5.32 Å². The fourth-order valence-electron chi connectivity index (χ4n) is 1.62. The Kier molecular flexibility index (Phi) is 4.95. The highest BCUT2D eigenvalue weighted by Crippen LogP contribution is 2.18. The molecule has 1 aliphatic carbocycles. The molecule has 2 N–H and O–H groups in total. The Balaban J connectivity index is 1.76. The van der Waals surface area contributed by atoms with Crippen LogP contribution in [-0.4, -0.2) is 31.9 Å². The lowest BCUT2D eigenvalue weighted by molar-refractivity contribution is -0.121. The molecule has 1 heterocycles. The Morgan fingerprint density at radius 2 is 2.20 bits per heavy atom. The average molecular weight is 318 g/mol. The molecule has 0 unspecified atom stereocenters. The third kappa shape index (κ3) is 4.73. The molecule has 110 valence electrons. The van der Waals surface area contributed by atoms with Crippen molar-refractivity contribution in [3.63, 3.8) is 0 Å². The summed E-state index contributed by atoms with van der Waals surface area (Å²) in [4.78, 5) is 15.2. The highest BCUT2D eigenvalue weighted by atomic mass is 35.5. The molecule has 1 aromatic rings. The minimum Gasteiger partial charge on any atom is -0.353 e. The van der Waals surface area contributed by atoms with E-state index in [0.717, 1.165) is 12.8 Å². The fraction of sp³-hybridized carbons (Fsp3) is 0.500. The lowest BCUT2D eigenvalue weighted by atomic mass is 10.3. The number of aromatic nitrogens is 1. The quantitative estimate of drug-likeness (QED) is 0.581. The number of carbonyl (C=O) groups excluding carboxylic acids is 1. The summed E-state index contributed by atoms with van der Waals surface area (Å²) in [5.41, 5.74) is 0. The molecule has 1 fully saturated rings. The van der Waals surface area contributed by atoms with Gasteiger partial charge in [0, 0.05) is 25.2 Å². The summed E-state index contributed by atoms with van der Waals surface area (Å²) in [6, 6.07) is 2.98. The van der Waals surface area contributed by atoms with E-state index in [1.54, 1.807) is 0 Å². The van der Waals surface area contributed by atoms with Crippen LogP contribution in [0.3, 0.4) is 0 Å². The first kappa shape index (κ1) is 15.2. The monoisotopic (exact) mass is 317 g/mol. The zero-order valence-corrected chi connectivity index (χ0v) is 12.4. The smallest absolute Gasteiger partial charge is 0.240 e. The second kappa shape index (κ2) is 6.51. The Morgan fingerprint density at radius 1 is 1.45 bits per heavy atom. The van der Waals surface area contributed by atoms with Gasteiger partial charge in [0.05, 0.1) is 4.90 Å². The Bertz CT molecular complexity index is 587. The molecule has 2 rings (SSSR count). The van der Waals surface area contributed by atoms with Gasteiger partial charge in [0.25, 0.3) is 0 Å². The van der Waals surface area contributed by atoms with E-state index in [-0.39, 0.29) is 22.5 Å². The molecule has 6 nitrogen and oxygen atoms in total. The van der Waals surface area contributed by atoms with Crippen molar-refractivity contribution in [3.05, 3.63) is 23.5 Å². The van der Waals surface area contributed by atoms with Crippen molar-refractivity contribution in [2.24, 2.45) is 0 Å². The molecule has 0 spiro atoms. The summed E-state index contributed by atoms with van der Waals surface area (Å²) in [5.74, 6) is -0.0290. The van der Waals surface area contributed by atoms with E-state index in [1.807, 2.05) is 0 Å². The first-order valence-corrected chi connectivity index (χ1v) is 8.24. The predicted octanol–water partition coefficient (Wildman–Crippen LogP) is 1.07. The minimum atomic E-state index is -3.60. The van der Waals surface area contributed by atoms with Gasteiger partial charge in [0.15, 0.2) is 0 Å². The van der Waals surface area contributed by atoms with Crippen LogP contribution in [0.2, 0.25) is 5.15 Å². The summed E-state index contributed by atoms with van der Waals surface area (Å²) in [6.07, 6.45) is 4.19. The van der Waals surface area contributed by atoms with Crippen LogP contribution in [0.15, 0.2) is 23.2 Å². The van der Waals surface area contributed by atoms with E-state index in [1.165, 1.54) is 18.3 Å². The number of halogens is 1. The Morgan fingerprint density at radius 3 is 2.85 bits per heavy atom. The lowest BCUT2D eigenvalue weighted by Gasteiger charge is -2.07. The van der Waals surface area contributed by atoms with Crippen LogP contribution in [0.1, 0.15) is 25.7 Å². The third-order valence-electron chi connectivity index (χ3n) is 2.82. The molecule has 8 heteroatoms. The van der Waals surface area contributed by atoms with Crippen molar-refractivity contribution in [3.8, 4) is 0 Å². The lowest BCUT2D eigenvalue weighted by Crippen LogP contribution is -2.28. The van der Waals surface area contributed by atoms with E-state index in [4.69, 9.17) is 11.6 Å². The van der Waals surface area contributed by atoms with Crippen molar-refractivity contribution in [1.82, 2.24) is 15.0 Å². The number of rotatable bonds is 7. The van der Waals surface area contributed by atoms with Gasteiger partial charge in [-0.2, -0.15) is 0 Å². The molecule has 0 radical (unpaired) electrons. The van der Waals surface area contributed by atoms with E-state index >= 15 is 0 Å². The molecule has 1 amide bonds. The Labute approximate surface area is 123 Å². The second-order valence-electron chi connectivity index (χ2n) is 4.66. The average Bonchev–Trinajstić information content (AvgIpc) is 3.19. The molecule has 20 heavy (non-hydrogen) atoms. The highest BCUT2D eigenvalue weighted by molar-refractivity contribution is 7.89. The van der Waals surface area contributed by atoms with Crippen LogP contribution in [0.5, 0.6) is 0 Å². The van der Waals surface area contributed by atoms with E-state index in [2.05, 4.69) is 15.0 Å². The van der Waals surface area contributed by atoms with Crippen LogP contribution in [0, 0.1) is 0 Å². The van der Waals surface area contributed by atoms with Gasteiger partial charge in [-0.3, -0.25) is 4.79 Å². The van der Waals surface area contributed by atoms with Crippen LogP contribution < -0.4 is 10.0 Å². The number of sulfonamides is 1. The van der Waals surface area contributed by atoms with Crippen LogP contribution in [0.25, 0.3) is 0 Å². The molecule has 0 aromatic carbocycles. The van der Waals surface area contributed by atoms with E-state index in [0.29, 0.717) is 18.9 Å². The van der Waals surface area contributed by atoms with Gasteiger partial charge in [-0.25, -0.2) is 18.1 Å². The van der Waals surface area contributed by atoms with Crippen LogP contribution in [0.4, 0.5) is 0 Å². The Hall–Kier alpha value is -1.18. The van der Waals surface area contributed by atoms with Crippen molar-refractivity contribution in [2.45, 2.75) is 36.6 Å². The normalized spacial score (nSPS) is 15.1. The maximum absolute atomic E-state index is 11.9. The molecular weight excluding hydrogens is 302 g/mol. The number of carbonyl (C=O) groups is 1. The van der Waals surface area contributed by atoms with E-state index in [9.17, 15) is 13.2 Å². The van der Waals surface area contributed by atoms with Gasteiger partial charge in [-0.1, -0.05) is 11.6 Å². The SMILES string of the molecule is O=C(CCCNS(=O)(=O)c1ccnc(Cl)c1)NC1CC1. The second-order valence-corrected chi connectivity index (χ2v) is 6.81. The third-order valence-corrected chi connectivity index (χ3v) is 4.49. The van der Waals surface area contributed by atoms with Gasteiger partial charge >= 0.3 is 0 Å². The standard InChI is InChI=1S/C12H16ClN3O3S/c13-11-8-10(5-7-14-11)20(18,19)15-6-1-2-12(17)16-9-3-4-9/h5,7-9,15H,1-4,6H2,(H,16,17). The molecule has 1 aromatic heterocycles. The highest BCUT2D eigenvalue weighted by Gasteiger charge is 2.22. The number of nitrogens with zero attached hydrogens (tertiary/aromatic N) is 1. The number of amides is 1. The zero-order valence-electron chi connectivity index (χ0n) is 10.8. The van der Waals surface area contributed by atoms with Crippen molar-refractivity contribution < 1.29 is 13.2 Å².